The lowest BCUT2D eigenvalue weighted by atomic mass is 10.4. The Morgan fingerprint density at radius 1 is 1.23 bits per heavy atom. The molecule has 13 heavy (non-hydrogen) atoms. The van der Waals surface area contributed by atoms with Crippen LogP contribution in [0.5, 0.6) is 0 Å². The average Bonchev–Trinajstić information content (AvgIpc) is 2.16. The van der Waals surface area contributed by atoms with Crippen molar-refractivity contribution in [1.29, 1.82) is 0 Å². The van der Waals surface area contributed by atoms with Crippen LogP contribution in [-0.2, 0) is 0 Å². The summed E-state index contributed by atoms with van der Waals surface area (Å²) in [5.41, 5.74) is 3.41. The Kier molecular flexibility index (Phi) is 4.01. The van der Waals surface area contributed by atoms with Crippen LogP contribution in [0.15, 0.2) is 30.3 Å². The fourth-order valence-electron chi connectivity index (χ4n) is 1.18. The molecule has 1 rings (SSSR count). The summed E-state index contributed by atoms with van der Waals surface area (Å²) >= 11 is 2.30. The zero-order valence-electron chi connectivity index (χ0n) is 7.97. The lowest BCUT2D eigenvalue weighted by Crippen LogP contribution is -2.39. The van der Waals surface area contributed by atoms with Gasteiger partial charge in [0.1, 0.15) is 0 Å². The third-order valence-electron chi connectivity index (χ3n) is 1.96. The molecular weight excluding hydrogens is 287 g/mol. The van der Waals surface area contributed by atoms with E-state index in [0.717, 1.165) is 4.43 Å². The van der Waals surface area contributed by atoms with Crippen molar-refractivity contribution in [1.82, 2.24) is 0 Å². The van der Waals surface area contributed by atoms with Gasteiger partial charge in [-0.05, 0) is 5.19 Å². The van der Waals surface area contributed by atoms with Crippen molar-refractivity contribution >= 4 is 35.9 Å². The molecule has 0 aliphatic rings. The summed E-state index contributed by atoms with van der Waals surface area (Å²) in [7, 11) is -1.47. The van der Waals surface area contributed by atoms with Crippen LogP contribution in [0.3, 0.4) is 0 Å². The van der Waals surface area contributed by atoms with Gasteiger partial charge in [-0.3, -0.25) is 0 Å². The van der Waals surface area contributed by atoms with Gasteiger partial charge in [0.2, 0.25) is 0 Å². The number of hydrogen-bond donors (Lipinski definition) is 0. The second-order valence-electron chi connectivity index (χ2n) is 3.43. The number of rotatable bonds is 1. The van der Waals surface area contributed by atoms with E-state index in [1.54, 1.807) is 0 Å². The molecule has 0 amide bonds. The Hall–Kier alpha value is -0.273. The predicted octanol–water partition coefficient (Wildman–Crippen LogP) is 2.58. The molecule has 0 heterocycles. The maximum absolute atomic E-state index is 3.41. The molecule has 0 unspecified atom stereocenters. The molecule has 1 aromatic carbocycles. The van der Waals surface area contributed by atoms with Crippen LogP contribution in [-0.4, -0.2) is 12.5 Å². The number of alkyl halides is 1. The van der Waals surface area contributed by atoms with E-state index in [-0.39, 0.29) is 0 Å². The third kappa shape index (κ3) is 3.16. The topological polar surface area (TPSA) is 0 Å². The average molecular weight is 300 g/mol. The highest BCUT2D eigenvalue weighted by molar-refractivity contribution is 14.1. The van der Waals surface area contributed by atoms with E-state index < -0.39 is 8.07 Å². The zero-order chi connectivity index (χ0) is 9.73. The van der Waals surface area contributed by atoms with Gasteiger partial charge in [-0.25, -0.2) is 0 Å². The first kappa shape index (κ1) is 10.8. The van der Waals surface area contributed by atoms with Gasteiger partial charge in [-0.15, -0.1) is 5.54 Å². The van der Waals surface area contributed by atoms with E-state index in [0.29, 0.717) is 0 Å². The Morgan fingerprint density at radius 3 is 2.38 bits per heavy atom. The smallest absolute Gasteiger partial charge is 0.125 e. The van der Waals surface area contributed by atoms with Crippen LogP contribution >= 0.6 is 22.6 Å². The molecule has 68 valence electrons. The predicted molar refractivity (Wildman–Crippen MR) is 70.2 cm³/mol. The SMILES string of the molecule is C[Si](C)(C#CCI)c1ccccc1. The minimum absolute atomic E-state index is 0.932. The molecule has 0 aliphatic heterocycles. The quantitative estimate of drug-likeness (QED) is 0.324. The number of hydrogen-bond acceptors (Lipinski definition) is 0. The van der Waals surface area contributed by atoms with Crippen molar-refractivity contribution < 1.29 is 0 Å². The number of halogens is 1. The van der Waals surface area contributed by atoms with Crippen molar-refractivity contribution in [3.8, 4) is 11.5 Å². The summed E-state index contributed by atoms with van der Waals surface area (Å²) in [6.07, 6.45) is 0. The lowest BCUT2D eigenvalue weighted by molar-refractivity contribution is 1.72. The van der Waals surface area contributed by atoms with E-state index in [1.165, 1.54) is 5.19 Å². The fraction of sp³-hybridized carbons (Fsp3) is 0.273. The monoisotopic (exact) mass is 300 g/mol. The van der Waals surface area contributed by atoms with Crippen LogP contribution in [0.1, 0.15) is 0 Å². The Morgan fingerprint density at radius 2 is 1.85 bits per heavy atom. The van der Waals surface area contributed by atoms with Crippen molar-refractivity contribution in [2.24, 2.45) is 0 Å². The first-order valence-electron chi connectivity index (χ1n) is 4.28. The molecule has 0 aromatic heterocycles. The van der Waals surface area contributed by atoms with Gasteiger partial charge < -0.3 is 0 Å². The summed E-state index contributed by atoms with van der Waals surface area (Å²) in [5, 5.41) is 1.42. The molecule has 0 saturated carbocycles. The molecule has 0 N–H and O–H groups in total. The van der Waals surface area contributed by atoms with Gasteiger partial charge in [0.25, 0.3) is 0 Å². The van der Waals surface area contributed by atoms with Crippen molar-refractivity contribution in [2.75, 3.05) is 4.43 Å². The maximum Gasteiger partial charge on any atom is 0.162 e. The summed E-state index contributed by atoms with van der Waals surface area (Å²) in [6.45, 7) is 4.59. The highest BCUT2D eigenvalue weighted by Crippen LogP contribution is 2.01. The molecule has 0 radical (unpaired) electrons. The van der Waals surface area contributed by atoms with E-state index in [2.05, 4.69) is 77.5 Å². The fourth-order valence-corrected chi connectivity index (χ4v) is 3.43. The van der Waals surface area contributed by atoms with Crippen LogP contribution in [0.4, 0.5) is 0 Å². The van der Waals surface area contributed by atoms with Crippen LogP contribution < -0.4 is 5.19 Å². The molecule has 0 atom stereocenters. The van der Waals surface area contributed by atoms with E-state index in [1.807, 2.05) is 0 Å². The minimum Gasteiger partial charge on any atom is -0.125 e. The van der Waals surface area contributed by atoms with Crippen molar-refractivity contribution in [3.63, 3.8) is 0 Å². The first-order chi connectivity index (χ1) is 6.17. The zero-order valence-corrected chi connectivity index (χ0v) is 11.1. The largest absolute Gasteiger partial charge is 0.162 e. The minimum atomic E-state index is -1.47. The normalized spacial score (nSPS) is 10.4. The Bertz CT molecular complexity index is 319. The highest BCUT2D eigenvalue weighted by atomic mass is 127. The van der Waals surface area contributed by atoms with Crippen LogP contribution in [0.25, 0.3) is 0 Å². The molecule has 0 fully saturated rings. The third-order valence-corrected chi connectivity index (χ3v) is 4.92. The molecule has 0 spiro atoms. The van der Waals surface area contributed by atoms with Gasteiger partial charge in [0, 0.05) is 0 Å². The molecule has 0 aliphatic carbocycles. The van der Waals surface area contributed by atoms with E-state index in [4.69, 9.17) is 0 Å². The van der Waals surface area contributed by atoms with Crippen molar-refractivity contribution in [3.05, 3.63) is 30.3 Å². The van der Waals surface area contributed by atoms with E-state index in [9.17, 15) is 0 Å². The molecule has 2 heteroatoms. The maximum atomic E-state index is 3.41. The molecule has 0 bridgehead atoms. The first-order valence-corrected chi connectivity index (χ1v) is 8.81. The van der Waals surface area contributed by atoms with Crippen molar-refractivity contribution in [2.45, 2.75) is 13.1 Å². The summed E-state index contributed by atoms with van der Waals surface area (Å²) in [6, 6.07) is 10.6. The highest BCUT2D eigenvalue weighted by Gasteiger charge is 2.19. The Labute approximate surface area is 94.9 Å². The second kappa shape index (κ2) is 4.82. The van der Waals surface area contributed by atoms with Gasteiger partial charge in [-0.2, -0.15) is 0 Å². The standard InChI is InChI=1S/C11H13ISi/c1-13(2,10-6-9-12)11-7-4-3-5-8-11/h3-5,7-8H,9H2,1-2H3. The van der Waals surface area contributed by atoms with Crippen LogP contribution in [0, 0.1) is 11.5 Å². The molecule has 1 aromatic rings. The van der Waals surface area contributed by atoms with Gasteiger partial charge in [0.15, 0.2) is 8.07 Å². The Balaban J connectivity index is 2.94. The number of benzene rings is 1. The van der Waals surface area contributed by atoms with Gasteiger partial charge in [0.05, 0.1) is 4.43 Å². The summed E-state index contributed by atoms with van der Waals surface area (Å²) in [4.78, 5) is 0. The molecule has 0 saturated heterocycles. The van der Waals surface area contributed by atoms with Gasteiger partial charge in [-0.1, -0.05) is 71.9 Å². The van der Waals surface area contributed by atoms with Crippen LogP contribution in [0.2, 0.25) is 13.1 Å². The molecule has 0 nitrogen and oxygen atoms in total. The lowest BCUT2D eigenvalue weighted by Gasteiger charge is -2.14. The second-order valence-corrected chi connectivity index (χ2v) is 8.27. The van der Waals surface area contributed by atoms with Gasteiger partial charge >= 0.3 is 0 Å². The summed E-state index contributed by atoms with van der Waals surface area (Å²) in [5.74, 6) is 3.19. The summed E-state index contributed by atoms with van der Waals surface area (Å²) < 4.78 is 0.932. The molecular formula is C11H13ISi. The van der Waals surface area contributed by atoms with E-state index >= 15 is 0 Å².